The van der Waals surface area contributed by atoms with E-state index in [1.807, 2.05) is 30.3 Å². The quantitative estimate of drug-likeness (QED) is 0.822. The molecule has 1 aromatic carbocycles. The van der Waals surface area contributed by atoms with Crippen LogP contribution in [0.5, 0.6) is 0 Å². The highest BCUT2D eigenvalue weighted by molar-refractivity contribution is 6.00. The summed E-state index contributed by atoms with van der Waals surface area (Å²) in [5.41, 5.74) is -0.125. The van der Waals surface area contributed by atoms with Crippen molar-refractivity contribution < 1.29 is 14.3 Å². The maximum atomic E-state index is 12.2. The first-order valence-corrected chi connectivity index (χ1v) is 6.00. The summed E-state index contributed by atoms with van der Waals surface area (Å²) in [5.74, 6) is -0.106. The Hall–Kier alpha value is -1.68. The lowest BCUT2D eigenvalue weighted by atomic mass is 10.1. The van der Waals surface area contributed by atoms with Crippen molar-refractivity contribution in [2.24, 2.45) is 0 Å². The minimum Gasteiger partial charge on any atom is -0.342 e. The lowest BCUT2D eigenvalue weighted by Crippen LogP contribution is -2.45. The number of anilines is 1. The van der Waals surface area contributed by atoms with Crippen LogP contribution in [0.3, 0.4) is 0 Å². The smallest absolute Gasteiger partial charge is 0.258 e. The Morgan fingerprint density at radius 1 is 1.39 bits per heavy atom. The Bertz CT molecular complexity index is 471. The second-order valence-electron chi connectivity index (χ2n) is 4.82. The molecule has 1 fully saturated rings. The lowest BCUT2D eigenvalue weighted by molar-refractivity contribution is -0.126. The van der Waals surface area contributed by atoms with Crippen molar-refractivity contribution in [2.45, 2.75) is 39.0 Å². The molecule has 1 amide bonds. The molecule has 0 unspecified atom stereocenters. The van der Waals surface area contributed by atoms with Crippen LogP contribution in [0, 0.1) is 0 Å². The van der Waals surface area contributed by atoms with Crippen molar-refractivity contribution in [3.8, 4) is 0 Å². The molecule has 1 heterocycles. The number of hydrogen-bond acceptors (Lipinski definition) is 3. The first-order valence-electron chi connectivity index (χ1n) is 6.00. The van der Waals surface area contributed by atoms with Gasteiger partial charge in [0, 0.05) is 5.69 Å². The number of carbonyl (C=O) groups excluding carboxylic acids is 2. The fourth-order valence-corrected chi connectivity index (χ4v) is 2.46. The summed E-state index contributed by atoms with van der Waals surface area (Å²) in [6.07, 6.45) is -0.326. The number of Topliss-reactive ketones (excluding diaryl/α,β-unsaturated/α-hetero) is 1. The van der Waals surface area contributed by atoms with E-state index in [1.165, 1.54) is 6.92 Å². The Labute approximate surface area is 107 Å². The van der Waals surface area contributed by atoms with Crippen LogP contribution in [-0.4, -0.2) is 23.5 Å². The Morgan fingerprint density at radius 2 is 2.00 bits per heavy atom. The van der Waals surface area contributed by atoms with Crippen molar-refractivity contribution in [3.05, 3.63) is 30.3 Å². The van der Waals surface area contributed by atoms with E-state index < -0.39 is 11.8 Å². The van der Waals surface area contributed by atoms with Crippen LogP contribution >= 0.6 is 0 Å². The summed E-state index contributed by atoms with van der Waals surface area (Å²) >= 11 is 0. The fraction of sp³-hybridized carbons (Fsp3) is 0.429. The van der Waals surface area contributed by atoms with Gasteiger partial charge >= 0.3 is 0 Å². The molecule has 0 saturated carbocycles. The number of amides is 1. The number of hydrogen-bond donors (Lipinski definition) is 0. The van der Waals surface area contributed by atoms with Gasteiger partial charge in [0.15, 0.2) is 5.72 Å². The molecule has 0 aliphatic carbocycles. The summed E-state index contributed by atoms with van der Waals surface area (Å²) in [4.78, 5) is 25.2. The molecule has 1 aliphatic rings. The van der Waals surface area contributed by atoms with Gasteiger partial charge in [-0.2, -0.15) is 0 Å². The average Bonchev–Trinajstić information content (AvgIpc) is 2.49. The van der Waals surface area contributed by atoms with Gasteiger partial charge in [-0.25, -0.2) is 0 Å². The Kier molecular flexibility index (Phi) is 3.22. The second kappa shape index (κ2) is 4.53. The molecule has 1 aliphatic heterocycles. The third kappa shape index (κ3) is 2.16. The minimum absolute atomic E-state index is 0.000307. The summed E-state index contributed by atoms with van der Waals surface area (Å²) in [6, 6.07) is 9.30. The van der Waals surface area contributed by atoms with Gasteiger partial charge in [-0.15, -0.1) is 0 Å². The molecule has 96 valence electrons. The minimum atomic E-state index is -0.885. The number of carbonyl (C=O) groups is 2. The first kappa shape index (κ1) is 12.8. The van der Waals surface area contributed by atoms with Crippen LogP contribution in [0.1, 0.15) is 27.2 Å². The SMILES string of the molecule is CC(=O)C[C@@]1(C)O[C@H](C)C(=O)N1c1ccccc1. The van der Waals surface area contributed by atoms with E-state index in [0.717, 1.165) is 5.69 Å². The van der Waals surface area contributed by atoms with Crippen molar-refractivity contribution in [1.82, 2.24) is 0 Å². The van der Waals surface area contributed by atoms with Crippen LogP contribution in [0.25, 0.3) is 0 Å². The normalized spacial score (nSPS) is 27.6. The molecule has 18 heavy (non-hydrogen) atoms. The number of para-hydroxylation sites is 1. The molecular formula is C14H17NO3. The molecule has 0 aromatic heterocycles. The van der Waals surface area contributed by atoms with Crippen LogP contribution in [0.2, 0.25) is 0 Å². The molecule has 2 rings (SSSR count). The number of benzene rings is 1. The van der Waals surface area contributed by atoms with Gasteiger partial charge in [0.25, 0.3) is 5.91 Å². The highest BCUT2D eigenvalue weighted by Crippen LogP contribution is 2.35. The van der Waals surface area contributed by atoms with E-state index in [2.05, 4.69) is 0 Å². The Balaban J connectivity index is 2.40. The predicted molar refractivity (Wildman–Crippen MR) is 68.2 cm³/mol. The summed E-state index contributed by atoms with van der Waals surface area (Å²) in [7, 11) is 0. The van der Waals surface area contributed by atoms with Crippen LogP contribution < -0.4 is 4.90 Å². The van der Waals surface area contributed by atoms with E-state index in [-0.39, 0.29) is 18.1 Å². The third-order valence-electron chi connectivity index (χ3n) is 3.06. The molecular weight excluding hydrogens is 230 g/mol. The van der Waals surface area contributed by atoms with E-state index in [1.54, 1.807) is 18.7 Å². The average molecular weight is 247 g/mol. The zero-order valence-electron chi connectivity index (χ0n) is 10.8. The number of ketones is 1. The first-order chi connectivity index (χ1) is 8.44. The standard InChI is InChI=1S/C14H17NO3/c1-10(16)9-14(3)15(13(17)11(2)18-14)12-7-5-4-6-8-12/h4-8,11H,9H2,1-3H3/t11-,14-/m1/s1. The maximum Gasteiger partial charge on any atom is 0.258 e. The highest BCUT2D eigenvalue weighted by Gasteiger charge is 2.48. The summed E-state index contributed by atoms with van der Waals surface area (Å²) in [5, 5.41) is 0. The molecule has 2 atom stereocenters. The second-order valence-corrected chi connectivity index (χ2v) is 4.82. The highest BCUT2D eigenvalue weighted by atomic mass is 16.5. The zero-order valence-corrected chi connectivity index (χ0v) is 10.8. The van der Waals surface area contributed by atoms with Crippen molar-refractivity contribution in [3.63, 3.8) is 0 Å². The number of nitrogens with zero attached hydrogens (tertiary/aromatic N) is 1. The van der Waals surface area contributed by atoms with Gasteiger partial charge in [0.05, 0.1) is 6.42 Å². The van der Waals surface area contributed by atoms with E-state index in [0.29, 0.717) is 0 Å². The van der Waals surface area contributed by atoms with E-state index in [4.69, 9.17) is 4.74 Å². The fourth-order valence-electron chi connectivity index (χ4n) is 2.46. The van der Waals surface area contributed by atoms with E-state index in [9.17, 15) is 9.59 Å². The largest absolute Gasteiger partial charge is 0.342 e. The molecule has 0 N–H and O–H groups in total. The predicted octanol–water partition coefficient (Wildman–Crippen LogP) is 2.13. The van der Waals surface area contributed by atoms with Gasteiger partial charge < -0.3 is 4.74 Å². The monoisotopic (exact) mass is 247 g/mol. The molecule has 0 bridgehead atoms. The van der Waals surface area contributed by atoms with Gasteiger partial charge in [-0.1, -0.05) is 18.2 Å². The molecule has 0 spiro atoms. The van der Waals surface area contributed by atoms with Crippen molar-refractivity contribution in [2.75, 3.05) is 4.90 Å². The third-order valence-corrected chi connectivity index (χ3v) is 3.06. The van der Waals surface area contributed by atoms with Crippen LogP contribution in [0.15, 0.2) is 30.3 Å². The number of rotatable bonds is 3. The van der Waals surface area contributed by atoms with Crippen LogP contribution in [0.4, 0.5) is 5.69 Å². The zero-order chi connectivity index (χ0) is 13.3. The van der Waals surface area contributed by atoms with Gasteiger partial charge in [0.2, 0.25) is 0 Å². The maximum absolute atomic E-state index is 12.2. The van der Waals surface area contributed by atoms with Gasteiger partial charge in [0.1, 0.15) is 11.9 Å². The molecule has 4 nitrogen and oxygen atoms in total. The van der Waals surface area contributed by atoms with Gasteiger partial charge in [-0.05, 0) is 32.9 Å². The van der Waals surface area contributed by atoms with Crippen LogP contribution in [-0.2, 0) is 14.3 Å². The van der Waals surface area contributed by atoms with Crippen molar-refractivity contribution >= 4 is 17.4 Å². The summed E-state index contributed by atoms with van der Waals surface area (Å²) < 4.78 is 5.69. The lowest BCUT2D eigenvalue weighted by Gasteiger charge is -2.32. The molecule has 1 aromatic rings. The molecule has 4 heteroatoms. The van der Waals surface area contributed by atoms with Gasteiger partial charge in [-0.3, -0.25) is 14.5 Å². The molecule has 0 radical (unpaired) electrons. The Morgan fingerprint density at radius 3 is 2.56 bits per heavy atom. The molecule has 1 saturated heterocycles. The van der Waals surface area contributed by atoms with Crippen molar-refractivity contribution in [1.29, 1.82) is 0 Å². The number of ether oxygens (including phenoxy) is 1. The topological polar surface area (TPSA) is 46.6 Å². The summed E-state index contributed by atoms with van der Waals surface area (Å²) in [6.45, 7) is 5.00. The van der Waals surface area contributed by atoms with E-state index >= 15 is 0 Å².